The van der Waals surface area contributed by atoms with Gasteiger partial charge in [-0.05, 0) is 18.2 Å². The van der Waals surface area contributed by atoms with E-state index >= 15 is 0 Å². The maximum Gasteiger partial charge on any atom is 0.418 e. The second kappa shape index (κ2) is 4.77. The highest BCUT2D eigenvalue weighted by Gasteiger charge is 2.12. The summed E-state index contributed by atoms with van der Waals surface area (Å²) >= 11 is 0. The summed E-state index contributed by atoms with van der Waals surface area (Å²) in [5, 5.41) is 6.94. The maximum absolute atomic E-state index is 11.7. The van der Waals surface area contributed by atoms with Crippen LogP contribution in [0.1, 0.15) is 0 Å². The predicted molar refractivity (Wildman–Crippen MR) is 67.9 cm³/mol. The third-order valence-electron chi connectivity index (χ3n) is 2.45. The number of benzene rings is 1. The molecule has 6 heteroatoms. The first-order chi connectivity index (χ1) is 9.33. The lowest BCUT2D eigenvalue weighted by molar-refractivity contribution is 0.215. The van der Waals surface area contributed by atoms with Crippen molar-refractivity contribution >= 4 is 22.9 Å². The van der Waals surface area contributed by atoms with E-state index in [0.717, 1.165) is 0 Å². The molecule has 2 heterocycles. The first-order valence-electron chi connectivity index (χ1n) is 5.56. The zero-order valence-corrected chi connectivity index (χ0v) is 9.74. The minimum atomic E-state index is -0.627. The Morgan fingerprint density at radius 3 is 2.89 bits per heavy atom. The van der Waals surface area contributed by atoms with Gasteiger partial charge in [-0.25, -0.2) is 4.79 Å². The van der Waals surface area contributed by atoms with E-state index in [1.807, 2.05) is 6.07 Å². The van der Waals surface area contributed by atoms with Gasteiger partial charge in [-0.3, -0.25) is 10.3 Å². The van der Waals surface area contributed by atoms with Crippen molar-refractivity contribution in [3.63, 3.8) is 0 Å². The van der Waals surface area contributed by atoms with Crippen LogP contribution in [-0.2, 0) is 0 Å². The zero-order chi connectivity index (χ0) is 13.1. The minimum Gasteiger partial charge on any atom is -0.410 e. The number of anilines is 1. The van der Waals surface area contributed by atoms with Gasteiger partial charge in [-0.1, -0.05) is 23.4 Å². The summed E-state index contributed by atoms with van der Waals surface area (Å²) < 4.78 is 10.1. The number of para-hydroxylation sites is 1. The van der Waals surface area contributed by atoms with Gasteiger partial charge < -0.3 is 9.26 Å². The molecule has 3 rings (SSSR count). The lowest BCUT2D eigenvalue weighted by atomic mass is 10.3. The van der Waals surface area contributed by atoms with Crippen molar-refractivity contribution in [1.82, 2.24) is 10.1 Å². The number of pyridine rings is 1. The van der Waals surface area contributed by atoms with Crippen LogP contribution >= 0.6 is 0 Å². The summed E-state index contributed by atoms with van der Waals surface area (Å²) in [6.45, 7) is 0. The molecule has 0 aliphatic carbocycles. The highest BCUT2D eigenvalue weighted by Crippen LogP contribution is 2.21. The van der Waals surface area contributed by atoms with Crippen LogP contribution in [-0.4, -0.2) is 16.2 Å². The number of hydrogen-bond donors (Lipinski definition) is 1. The highest BCUT2D eigenvalue weighted by molar-refractivity contribution is 5.96. The molecular formula is C13H9N3O3. The van der Waals surface area contributed by atoms with Crippen molar-refractivity contribution in [3.8, 4) is 5.75 Å². The van der Waals surface area contributed by atoms with Gasteiger partial charge in [0.1, 0.15) is 5.75 Å². The van der Waals surface area contributed by atoms with Gasteiger partial charge in [-0.15, -0.1) is 0 Å². The van der Waals surface area contributed by atoms with Crippen LogP contribution in [0.2, 0.25) is 0 Å². The molecule has 0 saturated carbocycles. The lowest BCUT2D eigenvalue weighted by Gasteiger charge is -2.03. The molecule has 0 aliphatic heterocycles. The van der Waals surface area contributed by atoms with Crippen LogP contribution in [0.25, 0.3) is 11.0 Å². The number of carbonyl (C=O) groups excluding carboxylic acids is 1. The number of nitrogens with one attached hydrogen (secondary N) is 1. The topological polar surface area (TPSA) is 77.3 Å². The number of rotatable bonds is 2. The molecule has 0 bridgehead atoms. The Balaban J connectivity index is 1.76. The Hall–Kier alpha value is -2.89. The second-order valence-corrected chi connectivity index (χ2v) is 3.73. The van der Waals surface area contributed by atoms with Crippen LogP contribution in [0.15, 0.2) is 53.3 Å². The monoisotopic (exact) mass is 255 g/mol. The van der Waals surface area contributed by atoms with Crippen LogP contribution in [0, 0.1) is 0 Å². The fraction of sp³-hybridized carbons (Fsp3) is 0. The molecule has 0 radical (unpaired) electrons. The Morgan fingerprint density at radius 1 is 1.21 bits per heavy atom. The van der Waals surface area contributed by atoms with Crippen LogP contribution in [0.3, 0.4) is 0 Å². The van der Waals surface area contributed by atoms with E-state index in [1.165, 1.54) is 6.20 Å². The summed E-state index contributed by atoms with van der Waals surface area (Å²) in [5.41, 5.74) is 0.498. The van der Waals surface area contributed by atoms with Gasteiger partial charge in [0.25, 0.3) is 0 Å². The van der Waals surface area contributed by atoms with E-state index in [0.29, 0.717) is 22.5 Å². The molecule has 2 aromatic heterocycles. The zero-order valence-electron chi connectivity index (χ0n) is 9.74. The van der Waals surface area contributed by atoms with E-state index < -0.39 is 6.09 Å². The van der Waals surface area contributed by atoms with Gasteiger partial charge in [0, 0.05) is 6.20 Å². The van der Waals surface area contributed by atoms with Gasteiger partial charge in [0.15, 0.2) is 11.4 Å². The van der Waals surface area contributed by atoms with E-state index in [2.05, 4.69) is 15.5 Å². The van der Waals surface area contributed by atoms with Crippen LogP contribution in [0.5, 0.6) is 5.75 Å². The largest absolute Gasteiger partial charge is 0.418 e. The molecule has 0 spiro atoms. The predicted octanol–water partition coefficient (Wildman–Crippen LogP) is 2.83. The number of fused-ring (bicyclic) bond motifs is 1. The maximum atomic E-state index is 11.7. The fourth-order valence-corrected chi connectivity index (χ4v) is 1.60. The van der Waals surface area contributed by atoms with Crippen molar-refractivity contribution in [2.75, 3.05) is 5.32 Å². The van der Waals surface area contributed by atoms with Crippen LogP contribution < -0.4 is 10.1 Å². The Morgan fingerprint density at radius 2 is 2.05 bits per heavy atom. The third-order valence-corrected chi connectivity index (χ3v) is 2.45. The normalized spacial score (nSPS) is 10.3. The Kier molecular flexibility index (Phi) is 2.82. The van der Waals surface area contributed by atoms with Crippen molar-refractivity contribution in [2.45, 2.75) is 0 Å². The summed E-state index contributed by atoms with van der Waals surface area (Å²) in [7, 11) is 0. The number of ether oxygens (including phenoxy) is 1. The lowest BCUT2D eigenvalue weighted by Crippen LogP contribution is -2.16. The highest BCUT2D eigenvalue weighted by atomic mass is 16.6. The van der Waals surface area contributed by atoms with Crippen molar-refractivity contribution < 1.29 is 14.1 Å². The summed E-state index contributed by atoms with van der Waals surface area (Å²) in [6, 6.07) is 10.5. The minimum absolute atomic E-state index is 0.304. The average molecular weight is 255 g/mol. The molecule has 19 heavy (non-hydrogen) atoms. The number of carbonyl (C=O) groups is 1. The molecule has 3 aromatic rings. The van der Waals surface area contributed by atoms with Gasteiger partial charge >= 0.3 is 6.09 Å². The van der Waals surface area contributed by atoms with E-state index in [1.54, 1.807) is 36.5 Å². The van der Waals surface area contributed by atoms with Crippen molar-refractivity contribution in [1.29, 1.82) is 0 Å². The molecule has 6 nitrogen and oxygen atoms in total. The Labute approximate surface area is 108 Å². The third kappa shape index (κ3) is 2.37. The SMILES string of the molecule is O=C(Nc1noc2cnccc12)Oc1ccccc1. The molecule has 0 saturated heterocycles. The number of nitrogens with zero attached hydrogens (tertiary/aromatic N) is 2. The second-order valence-electron chi connectivity index (χ2n) is 3.73. The molecule has 0 fully saturated rings. The fourth-order valence-electron chi connectivity index (χ4n) is 1.60. The summed E-state index contributed by atoms with van der Waals surface area (Å²) in [4.78, 5) is 15.6. The molecular weight excluding hydrogens is 246 g/mol. The molecule has 1 amide bonds. The van der Waals surface area contributed by atoms with Crippen LogP contribution in [0.4, 0.5) is 10.6 Å². The molecule has 0 unspecified atom stereocenters. The van der Waals surface area contributed by atoms with E-state index in [9.17, 15) is 4.79 Å². The summed E-state index contributed by atoms with van der Waals surface area (Å²) in [5.74, 6) is 0.757. The van der Waals surface area contributed by atoms with Gasteiger partial charge in [0.2, 0.25) is 0 Å². The number of hydrogen-bond acceptors (Lipinski definition) is 5. The van der Waals surface area contributed by atoms with E-state index in [-0.39, 0.29) is 0 Å². The quantitative estimate of drug-likeness (QED) is 0.761. The smallest absolute Gasteiger partial charge is 0.410 e. The number of aromatic nitrogens is 2. The Bertz CT molecular complexity index is 709. The molecule has 1 aromatic carbocycles. The first-order valence-corrected chi connectivity index (χ1v) is 5.56. The average Bonchev–Trinajstić information content (AvgIpc) is 2.83. The molecule has 94 valence electrons. The van der Waals surface area contributed by atoms with Crippen molar-refractivity contribution in [2.24, 2.45) is 0 Å². The first kappa shape index (κ1) is 11.2. The van der Waals surface area contributed by atoms with Crippen molar-refractivity contribution in [3.05, 3.63) is 48.8 Å². The van der Waals surface area contributed by atoms with Gasteiger partial charge in [0.05, 0.1) is 11.6 Å². The standard InChI is InChI=1S/C13H9N3O3/c17-13(18-9-4-2-1-3-5-9)15-12-10-6-7-14-8-11(10)19-16-12/h1-8H,(H,15,16,17). The summed E-state index contributed by atoms with van der Waals surface area (Å²) in [6.07, 6.45) is 2.49. The molecule has 1 N–H and O–H groups in total. The van der Waals surface area contributed by atoms with E-state index in [4.69, 9.17) is 9.26 Å². The molecule has 0 aliphatic rings. The number of amides is 1. The molecule has 0 atom stereocenters. The van der Waals surface area contributed by atoms with Gasteiger partial charge in [-0.2, -0.15) is 0 Å².